The van der Waals surface area contributed by atoms with Gasteiger partial charge < -0.3 is 9.32 Å². The molecule has 0 radical (unpaired) electrons. The smallest absolute Gasteiger partial charge is 0.254 e. The molecule has 2 heterocycles. The van der Waals surface area contributed by atoms with Crippen molar-refractivity contribution in [1.82, 2.24) is 9.88 Å². The van der Waals surface area contributed by atoms with E-state index in [4.69, 9.17) is 9.68 Å². The number of furan rings is 1. The Hall–Kier alpha value is -2.13. The lowest BCUT2D eigenvalue weighted by Gasteiger charge is -2.20. The van der Waals surface area contributed by atoms with E-state index in [2.05, 4.69) is 20.9 Å². The van der Waals surface area contributed by atoms with Crippen LogP contribution < -0.4 is 0 Å². The van der Waals surface area contributed by atoms with Gasteiger partial charge in [0.2, 0.25) is 0 Å². The van der Waals surface area contributed by atoms with Crippen molar-refractivity contribution in [2.75, 3.05) is 6.54 Å². The van der Waals surface area contributed by atoms with Crippen molar-refractivity contribution in [3.8, 4) is 6.07 Å². The standard InChI is InChI=1S/C14H12BrN3O2/c15-13-9-11(4-6-17-13)14(19)18(7-2-5-16)10-12-3-1-8-20-12/h1,3-4,6,8-9H,2,7,10H2. The molecule has 0 fully saturated rings. The zero-order chi connectivity index (χ0) is 14.4. The summed E-state index contributed by atoms with van der Waals surface area (Å²) in [5, 5.41) is 8.71. The van der Waals surface area contributed by atoms with Gasteiger partial charge in [-0.25, -0.2) is 4.98 Å². The zero-order valence-electron chi connectivity index (χ0n) is 10.6. The molecule has 0 aromatic carbocycles. The number of carbonyl (C=O) groups is 1. The first-order valence-electron chi connectivity index (χ1n) is 6.01. The molecular formula is C14H12BrN3O2. The summed E-state index contributed by atoms with van der Waals surface area (Å²) < 4.78 is 5.85. The summed E-state index contributed by atoms with van der Waals surface area (Å²) in [4.78, 5) is 18.0. The molecule has 0 bridgehead atoms. The molecule has 0 aliphatic carbocycles. The van der Waals surface area contributed by atoms with Gasteiger partial charge in [0.1, 0.15) is 10.4 Å². The van der Waals surface area contributed by atoms with Crippen LogP contribution in [0.5, 0.6) is 0 Å². The third-order valence-electron chi connectivity index (χ3n) is 2.68. The van der Waals surface area contributed by atoms with Gasteiger partial charge in [-0.3, -0.25) is 4.79 Å². The van der Waals surface area contributed by atoms with Gasteiger partial charge in [0.25, 0.3) is 5.91 Å². The molecule has 2 rings (SSSR count). The van der Waals surface area contributed by atoms with Crippen LogP contribution in [0.2, 0.25) is 0 Å². The van der Waals surface area contributed by atoms with Gasteiger partial charge in [0.15, 0.2) is 0 Å². The van der Waals surface area contributed by atoms with Crippen LogP contribution in [0.25, 0.3) is 0 Å². The molecule has 1 amide bonds. The van der Waals surface area contributed by atoms with Gasteiger partial charge in [-0.15, -0.1) is 0 Å². The fourth-order valence-electron chi connectivity index (χ4n) is 1.75. The Kier molecular flexibility index (Phi) is 4.91. The van der Waals surface area contributed by atoms with Gasteiger partial charge in [0.05, 0.1) is 25.3 Å². The van der Waals surface area contributed by atoms with Gasteiger partial charge >= 0.3 is 0 Å². The van der Waals surface area contributed by atoms with Gasteiger partial charge in [0, 0.05) is 18.3 Å². The van der Waals surface area contributed by atoms with Crippen molar-refractivity contribution in [3.05, 3.63) is 52.7 Å². The van der Waals surface area contributed by atoms with Crippen LogP contribution >= 0.6 is 15.9 Å². The summed E-state index contributed by atoms with van der Waals surface area (Å²) in [6.45, 7) is 0.698. The molecule has 0 N–H and O–H groups in total. The topological polar surface area (TPSA) is 70.1 Å². The summed E-state index contributed by atoms with van der Waals surface area (Å²) in [5.41, 5.74) is 0.524. The number of hydrogen-bond acceptors (Lipinski definition) is 4. The van der Waals surface area contributed by atoms with Crippen LogP contribution in [0.15, 0.2) is 45.7 Å². The van der Waals surface area contributed by atoms with Crippen LogP contribution in [-0.4, -0.2) is 22.3 Å². The predicted octanol–water partition coefficient (Wildman–Crippen LogP) is 2.99. The number of amides is 1. The van der Waals surface area contributed by atoms with Crippen LogP contribution in [-0.2, 0) is 6.54 Å². The van der Waals surface area contributed by atoms with E-state index in [9.17, 15) is 4.79 Å². The maximum absolute atomic E-state index is 12.5. The molecule has 0 saturated carbocycles. The summed E-state index contributed by atoms with van der Waals surface area (Å²) in [5.74, 6) is 0.532. The number of hydrogen-bond donors (Lipinski definition) is 0. The monoisotopic (exact) mass is 333 g/mol. The molecule has 0 aliphatic rings. The lowest BCUT2D eigenvalue weighted by molar-refractivity contribution is 0.0735. The van der Waals surface area contributed by atoms with Crippen LogP contribution in [0.3, 0.4) is 0 Å². The van der Waals surface area contributed by atoms with Gasteiger partial charge in [-0.2, -0.15) is 5.26 Å². The van der Waals surface area contributed by atoms with Crippen LogP contribution in [0, 0.1) is 11.3 Å². The Bertz CT molecular complexity index is 620. The fourth-order valence-corrected chi connectivity index (χ4v) is 2.11. The molecule has 0 spiro atoms. The number of carbonyl (C=O) groups excluding carboxylic acids is 1. The molecule has 102 valence electrons. The van der Waals surface area contributed by atoms with E-state index in [1.54, 1.807) is 41.6 Å². The van der Waals surface area contributed by atoms with E-state index >= 15 is 0 Å². The first-order valence-corrected chi connectivity index (χ1v) is 6.80. The quantitative estimate of drug-likeness (QED) is 0.788. The van der Waals surface area contributed by atoms with Crippen LogP contribution in [0.4, 0.5) is 0 Å². The third-order valence-corrected chi connectivity index (χ3v) is 3.11. The van der Waals surface area contributed by atoms with E-state index in [1.807, 2.05) is 6.07 Å². The normalized spacial score (nSPS) is 10.0. The second-order valence-corrected chi connectivity index (χ2v) is 4.89. The van der Waals surface area contributed by atoms with E-state index in [-0.39, 0.29) is 12.3 Å². The van der Waals surface area contributed by atoms with E-state index in [1.165, 1.54) is 0 Å². The van der Waals surface area contributed by atoms with E-state index in [0.717, 1.165) is 0 Å². The molecule has 0 aliphatic heterocycles. The lowest BCUT2D eigenvalue weighted by Crippen LogP contribution is -2.31. The predicted molar refractivity (Wildman–Crippen MR) is 75.6 cm³/mol. The van der Waals surface area contributed by atoms with Crippen molar-refractivity contribution in [3.63, 3.8) is 0 Å². The number of rotatable bonds is 5. The number of nitrogens with zero attached hydrogens (tertiary/aromatic N) is 3. The lowest BCUT2D eigenvalue weighted by atomic mass is 10.2. The zero-order valence-corrected chi connectivity index (χ0v) is 12.2. The van der Waals surface area contributed by atoms with Crippen molar-refractivity contribution in [2.24, 2.45) is 0 Å². The summed E-state index contributed by atoms with van der Waals surface area (Å²) >= 11 is 3.24. The Balaban J connectivity index is 2.17. The molecule has 0 saturated heterocycles. The second kappa shape index (κ2) is 6.87. The average Bonchev–Trinajstić information content (AvgIpc) is 2.95. The Morgan fingerprint density at radius 1 is 1.50 bits per heavy atom. The molecule has 2 aromatic rings. The van der Waals surface area contributed by atoms with E-state index in [0.29, 0.717) is 29.0 Å². The molecule has 0 unspecified atom stereocenters. The number of aromatic nitrogens is 1. The molecule has 2 aromatic heterocycles. The molecule has 0 atom stereocenters. The van der Waals surface area contributed by atoms with Gasteiger partial charge in [-0.05, 0) is 40.2 Å². The van der Waals surface area contributed by atoms with Gasteiger partial charge in [-0.1, -0.05) is 0 Å². The highest BCUT2D eigenvalue weighted by Crippen LogP contribution is 2.14. The fraction of sp³-hybridized carbons (Fsp3) is 0.214. The molecule has 20 heavy (non-hydrogen) atoms. The number of pyridine rings is 1. The highest BCUT2D eigenvalue weighted by atomic mass is 79.9. The summed E-state index contributed by atoms with van der Waals surface area (Å²) in [6.07, 6.45) is 3.40. The Labute approximate surface area is 125 Å². The maximum atomic E-state index is 12.5. The highest BCUT2D eigenvalue weighted by Gasteiger charge is 2.17. The van der Waals surface area contributed by atoms with Crippen molar-refractivity contribution < 1.29 is 9.21 Å². The molecule has 6 heteroatoms. The summed E-state index contributed by atoms with van der Waals surface area (Å²) in [6, 6.07) is 8.92. The summed E-state index contributed by atoms with van der Waals surface area (Å²) in [7, 11) is 0. The average molecular weight is 334 g/mol. The van der Waals surface area contributed by atoms with Crippen molar-refractivity contribution in [2.45, 2.75) is 13.0 Å². The third kappa shape index (κ3) is 3.68. The van der Waals surface area contributed by atoms with Crippen molar-refractivity contribution in [1.29, 1.82) is 5.26 Å². The first-order chi connectivity index (χ1) is 9.70. The first kappa shape index (κ1) is 14.3. The largest absolute Gasteiger partial charge is 0.467 e. The maximum Gasteiger partial charge on any atom is 0.254 e. The highest BCUT2D eigenvalue weighted by molar-refractivity contribution is 9.10. The number of nitriles is 1. The molecular weight excluding hydrogens is 322 g/mol. The van der Waals surface area contributed by atoms with E-state index < -0.39 is 0 Å². The molecule has 5 nitrogen and oxygen atoms in total. The minimum absolute atomic E-state index is 0.153. The van der Waals surface area contributed by atoms with Crippen molar-refractivity contribution >= 4 is 21.8 Å². The second-order valence-electron chi connectivity index (χ2n) is 4.08. The Morgan fingerprint density at radius 2 is 2.35 bits per heavy atom. The van der Waals surface area contributed by atoms with Crippen LogP contribution in [0.1, 0.15) is 22.5 Å². The Morgan fingerprint density at radius 3 is 3.00 bits per heavy atom. The minimum Gasteiger partial charge on any atom is -0.467 e. The minimum atomic E-state index is -0.153. The number of halogens is 1. The SMILES string of the molecule is N#CCCN(Cc1ccco1)C(=O)c1ccnc(Br)c1.